The van der Waals surface area contributed by atoms with E-state index in [1.54, 1.807) is 0 Å². The summed E-state index contributed by atoms with van der Waals surface area (Å²) in [5.74, 6) is 0.708. The van der Waals surface area contributed by atoms with Crippen molar-refractivity contribution in [1.29, 1.82) is 0 Å². The molecule has 0 radical (unpaired) electrons. The Morgan fingerprint density at radius 1 is 1.08 bits per heavy atom. The number of nitrogens with one attached hydrogen (secondary N) is 1. The normalized spacial score (nSPS) is 24.8. The summed E-state index contributed by atoms with van der Waals surface area (Å²) in [5, 5.41) is 3.45. The molecular weight excluding hydrogens is 302 g/mol. The van der Waals surface area contributed by atoms with Crippen LogP contribution in [0.2, 0.25) is 0 Å². The molecule has 3 fully saturated rings. The number of likely N-dealkylation sites (tertiary alicyclic amines) is 1. The van der Waals surface area contributed by atoms with Gasteiger partial charge in [-0.2, -0.15) is 0 Å². The largest absolute Gasteiger partial charge is 0.444 e. The van der Waals surface area contributed by atoms with Crippen molar-refractivity contribution < 1.29 is 9.53 Å². The van der Waals surface area contributed by atoms with Gasteiger partial charge >= 0.3 is 6.09 Å². The molecule has 0 aromatic rings. The second-order valence-corrected chi connectivity index (χ2v) is 8.82. The van der Waals surface area contributed by atoms with Gasteiger partial charge in [-0.15, -0.1) is 0 Å². The first kappa shape index (κ1) is 18.0. The fourth-order valence-corrected chi connectivity index (χ4v) is 4.01. The summed E-state index contributed by atoms with van der Waals surface area (Å²) in [5.41, 5.74) is -0.408. The Balaban J connectivity index is 1.54. The number of hydrogen-bond donors (Lipinski definition) is 1. The molecule has 138 valence electrons. The Morgan fingerprint density at radius 3 is 2.25 bits per heavy atom. The maximum atomic E-state index is 12.7. The van der Waals surface area contributed by atoms with E-state index in [1.165, 1.54) is 25.7 Å². The van der Waals surface area contributed by atoms with Gasteiger partial charge in [-0.05, 0) is 78.3 Å². The molecule has 2 saturated heterocycles. The van der Waals surface area contributed by atoms with Crippen molar-refractivity contribution in [2.45, 2.75) is 77.0 Å². The summed E-state index contributed by atoms with van der Waals surface area (Å²) in [6.45, 7) is 11.3. The fraction of sp³-hybridized carbons (Fsp3) is 0.947. The van der Waals surface area contributed by atoms with Crippen molar-refractivity contribution in [2.24, 2.45) is 5.92 Å². The molecule has 2 heterocycles. The van der Waals surface area contributed by atoms with E-state index in [0.29, 0.717) is 12.0 Å². The third kappa shape index (κ3) is 5.09. The van der Waals surface area contributed by atoms with Gasteiger partial charge in [0.25, 0.3) is 0 Å². The van der Waals surface area contributed by atoms with Crippen LogP contribution in [-0.2, 0) is 4.74 Å². The number of amides is 1. The van der Waals surface area contributed by atoms with Gasteiger partial charge in [-0.25, -0.2) is 4.79 Å². The summed E-state index contributed by atoms with van der Waals surface area (Å²) in [7, 11) is 0. The molecule has 2 aliphatic heterocycles. The van der Waals surface area contributed by atoms with Crippen LogP contribution < -0.4 is 5.32 Å². The number of rotatable bonds is 4. The van der Waals surface area contributed by atoms with Crippen LogP contribution in [0.3, 0.4) is 0 Å². The number of carbonyl (C=O) groups is 1. The van der Waals surface area contributed by atoms with Crippen molar-refractivity contribution in [3.05, 3.63) is 0 Å². The van der Waals surface area contributed by atoms with E-state index < -0.39 is 5.60 Å². The van der Waals surface area contributed by atoms with Crippen LogP contribution >= 0.6 is 0 Å². The Kier molecular flexibility index (Phi) is 5.70. The highest BCUT2D eigenvalue weighted by Gasteiger charge is 2.36. The standard InChI is InChI=1S/C19H35N3O2/c1-19(2,3)24-18(23)22(14-15-4-5-15)17-8-12-21(13-9-17)16-6-10-20-11-7-16/h15-17,20H,4-14H2,1-3H3. The molecule has 0 aromatic carbocycles. The molecule has 1 amide bonds. The number of ether oxygens (including phenoxy) is 1. The molecule has 3 rings (SSSR count). The predicted octanol–water partition coefficient (Wildman–Crippen LogP) is 2.85. The second kappa shape index (κ2) is 7.61. The van der Waals surface area contributed by atoms with Crippen LogP contribution in [0, 0.1) is 5.92 Å². The van der Waals surface area contributed by atoms with Crippen LogP contribution in [0.15, 0.2) is 0 Å². The molecule has 5 nitrogen and oxygen atoms in total. The SMILES string of the molecule is CC(C)(C)OC(=O)N(CC1CC1)C1CCN(C2CCNCC2)CC1. The highest BCUT2D eigenvalue weighted by molar-refractivity contribution is 5.68. The number of nitrogens with zero attached hydrogens (tertiary/aromatic N) is 2. The lowest BCUT2D eigenvalue weighted by Crippen LogP contribution is -2.52. The Morgan fingerprint density at radius 2 is 1.71 bits per heavy atom. The van der Waals surface area contributed by atoms with E-state index >= 15 is 0 Å². The minimum atomic E-state index is -0.408. The maximum Gasteiger partial charge on any atom is 0.410 e. The highest BCUT2D eigenvalue weighted by Crippen LogP contribution is 2.32. The molecule has 1 aliphatic carbocycles. The molecule has 0 aromatic heterocycles. The lowest BCUT2D eigenvalue weighted by molar-refractivity contribution is 0.00355. The molecule has 0 spiro atoms. The van der Waals surface area contributed by atoms with Crippen LogP contribution in [0.4, 0.5) is 4.79 Å². The maximum absolute atomic E-state index is 12.7. The van der Waals surface area contributed by atoms with E-state index in [1.807, 2.05) is 20.8 Å². The van der Waals surface area contributed by atoms with E-state index in [0.717, 1.165) is 51.6 Å². The second-order valence-electron chi connectivity index (χ2n) is 8.82. The average Bonchev–Trinajstić information content (AvgIpc) is 3.36. The third-order valence-corrected chi connectivity index (χ3v) is 5.54. The van der Waals surface area contributed by atoms with Gasteiger partial charge in [-0.3, -0.25) is 0 Å². The monoisotopic (exact) mass is 337 g/mol. The highest BCUT2D eigenvalue weighted by atomic mass is 16.6. The van der Waals surface area contributed by atoms with Crippen LogP contribution in [0.5, 0.6) is 0 Å². The molecule has 0 unspecified atom stereocenters. The van der Waals surface area contributed by atoms with Crippen molar-refractivity contribution in [3.63, 3.8) is 0 Å². The fourth-order valence-electron chi connectivity index (χ4n) is 4.01. The smallest absolute Gasteiger partial charge is 0.410 e. The first-order chi connectivity index (χ1) is 11.4. The minimum Gasteiger partial charge on any atom is -0.444 e. The van der Waals surface area contributed by atoms with E-state index in [4.69, 9.17) is 4.74 Å². The summed E-state index contributed by atoms with van der Waals surface area (Å²) in [6, 6.07) is 1.10. The Hall–Kier alpha value is -0.810. The lowest BCUT2D eigenvalue weighted by atomic mass is 9.97. The van der Waals surface area contributed by atoms with Crippen LogP contribution in [-0.4, -0.2) is 66.3 Å². The van der Waals surface area contributed by atoms with Gasteiger partial charge in [0.1, 0.15) is 5.60 Å². The van der Waals surface area contributed by atoms with E-state index in [-0.39, 0.29) is 6.09 Å². The topological polar surface area (TPSA) is 44.8 Å². The van der Waals surface area contributed by atoms with Gasteiger partial charge in [0.2, 0.25) is 0 Å². The minimum absolute atomic E-state index is 0.102. The molecule has 24 heavy (non-hydrogen) atoms. The van der Waals surface area contributed by atoms with Gasteiger partial charge < -0.3 is 19.9 Å². The molecule has 0 bridgehead atoms. The molecule has 3 aliphatic rings. The van der Waals surface area contributed by atoms with Crippen molar-refractivity contribution in [3.8, 4) is 0 Å². The quantitative estimate of drug-likeness (QED) is 0.857. The zero-order valence-electron chi connectivity index (χ0n) is 15.7. The van der Waals surface area contributed by atoms with Gasteiger partial charge in [0.15, 0.2) is 0 Å². The number of hydrogen-bond acceptors (Lipinski definition) is 4. The van der Waals surface area contributed by atoms with Crippen molar-refractivity contribution in [1.82, 2.24) is 15.1 Å². The van der Waals surface area contributed by atoms with E-state index in [9.17, 15) is 4.79 Å². The lowest BCUT2D eigenvalue weighted by Gasteiger charge is -2.42. The summed E-state index contributed by atoms with van der Waals surface area (Å²) >= 11 is 0. The molecule has 1 saturated carbocycles. The average molecular weight is 338 g/mol. The van der Waals surface area contributed by atoms with Crippen LogP contribution in [0.25, 0.3) is 0 Å². The summed E-state index contributed by atoms with van der Waals surface area (Å²) < 4.78 is 5.69. The zero-order valence-corrected chi connectivity index (χ0v) is 15.7. The summed E-state index contributed by atoms with van der Waals surface area (Å²) in [6.07, 6.45) is 7.16. The van der Waals surface area contributed by atoms with Gasteiger partial charge in [-0.1, -0.05) is 0 Å². The first-order valence-electron chi connectivity index (χ1n) is 9.87. The van der Waals surface area contributed by atoms with E-state index in [2.05, 4.69) is 15.1 Å². The zero-order chi connectivity index (χ0) is 17.2. The molecule has 0 atom stereocenters. The molecule has 5 heteroatoms. The molecule has 1 N–H and O–H groups in total. The van der Waals surface area contributed by atoms with Gasteiger partial charge in [0.05, 0.1) is 0 Å². The number of piperidine rings is 2. The summed E-state index contributed by atoms with van der Waals surface area (Å²) in [4.78, 5) is 17.4. The Bertz CT molecular complexity index is 417. The van der Waals surface area contributed by atoms with Crippen molar-refractivity contribution in [2.75, 3.05) is 32.7 Å². The van der Waals surface area contributed by atoms with Crippen LogP contribution in [0.1, 0.15) is 59.3 Å². The molecular formula is C19H35N3O2. The Labute approximate surface area is 147 Å². The van der Waals surface area contributed by atoms with Crippen molar-refractivity contribution >= 4 is 6.09 Å². The third-order valence-electron chi connectivity index (χ3n) is 5.54. The van der Waals surface area contributed by atoms with Gasteiger partial charge in [0, 0.05) is 31.7 Å². The first-order valence-corrected chi connectivity index (χ1v) is 9.87. The number of carbonyl (C=O) groups excluding carboxylic acids is 1. The predicted molar refractivity (Wildman–Crippen MR) is 96.2 cm³/mol.